The lowest BCUT2D eigenvalue weighted by molar-refractivity contribution is 1.29. The summed E-state index contributed by atoms with van der Waals surface area (Å²) in [5.74, 6) is 0. The first kappa shape index (κ1) is 12.5. The molecule has 1 heterocycles. The summed E-state index contributed by atoms with van der Waals surface area (Å²) in [6, 6.07) is 17.0. The van der Waals surface area contributed by atoms with E-state index in [0.717, 1.165) is 0 Å². The second kappa shape index (κ2) is 5.62. The van der Waals surface area contributed by atoms with Crippen molar-refractivity contribution in [1.82, 2.24) is 4.57 Å². The van der Waals surface area contributed by atoms with Crippen molar-refractivity contribution in [3.05, 3.63) is 78.9 Å². The maximum atomic E-state index is 2.24. The Morgan fingerprint density at radius 2 is 1.25 bits per heavy atom. The van der Waals surface area contributed by atoms with Gasteiger partial charge in [0.2, 0.25) is 0 Å². The molecule has 0 aliphatic heterocycles. The van der Waals surface area contributed by atoms with Gasteiger partial charge in [-0.05, 0) is 25.1 Å². The lowest BCUT2D eigenvalue weighted by Gasteiger charge is -1.98. The van der Waals surface area contributed by atoms with Gasteiger partial charge in [-0.2, -0.15) is 0 Å². The van der Waals surface area contributed by atoms with Gasteiger partial charge in [0.05, 0.1) is 11.0 Å². The summed E-state index contributed by atoms with van der Waals surface area (Å²) in [6.45, 7) is 2.01. The fourth-order valence-corrected chi connectivity index (χ4v) is 2.49. The average molecular weight is 259 g/mol. The first-order valence-corrected chi connectivity index (χ1v) is 6.85. The van der Waals surface area contributed by atoms with Gasteiger partial charge in [-0.3, -0.25) is 0 Å². The molecule has 0 spiro atoms. The average Bonchev–Trinajstić information content (AvgIpc) is 2.82. The molecule has 0 aliphatic carbocycles. The summed E-state index contributed by atoms with van der Waals surface area (Å²) >= 11 is 0. The molecule has 0 N–H and O–H groups in total. The van der Waals surface area contributed by atoms with Crippen LogP contribution in [0.2, 0.25) is 0 Å². The molecule has 98 valence electrons. The summed E-state index contributed by atoms with van der Waals surface area (Å²) in [7, 11) is 0. The summed E-state index contributed by atoms with van der Waals surface area (Å²) in [5.41, 5.74) is 2.48. The van der Waals surface area contributed by atoms with Crippen LogP contribution in [0.5, 0.6) is 0 Å². The summed E-state index contributed by atoms with van der Waals surface area (Å²) in [4.78, 5) is 0. The number of aromatic nitrogens is 1. The maximum Gasteiger partial charge on any atom is 0.0534 e. The van der Waals surface area contributed by atoms with Crippen LogP contribution in [0.1, 0.15) is 6.92 Å². The minimum absolute atomic E-state index is 1.24. The second-order valence-electron chi connectivity index (χ2n) is 4.66. The number of para-hydroxylation sites is 2. The molecule has 0 bridgehead atoms. The Hall–Kier alpha value is -2.54. The van der Waals surface area contributed by atoms with Crippen molar-refractivity contribution in [3.8, 4) is 0 Å². The highest BCUT2D eigenvalue weighted by Crippen LogP contribution is 2.28. The third-order valence-corrected chi connectivity index (χ3v) is 3.38. The second-order valence-corrected chi connectivity index (χ2v) is 4.66. The zero-order chi connectivity index (χ0) is 13.8. The molecule has 0 aliphatic rings. The van der Waals surface area contributed by atoms with Gasteiger partial charge in [-0.1, -0.05) is 60.7 Å². The maximum absolute atomic E-state index is 2.24. The van der Waals surface area contributed by atoms with E-state index < -0.39 is 0 Å². The summed E-state index contributed by atoms with van der Waals surface area (Å²) < 4.78 is 2.24. The number of allylic oxidation sites excluding steroid dienone is 5. The van der Waals surface area contributed by atoms with E-state index in [9.17, 15) is 0 Å². The molecular weight excluding hydrogens is 242 g/mol. The smallest absolute Gasteiger partial charge is 0.0534 e. The number of benzene rings is 2. The molecule has 0 unspecified atom stereocenters. The van der Waals surface area contributed by atoms with E-state index in [0.29, 0.717) is 0 Å². The molecule has 20 heavy (non-hydrogen) atoms. The van der Waals surface area contributed by atoms with E-state index in [1.807, 2.05) is 31.2 Å². The fraction of sp³-hybridized carbons (Fsp3) is 0.0526. The van der Waals surface area contributed by atoms with Crippen LogP contribution in [0, 0.1) is 0 Å². The van der Waals surface area contributed by atoms with Gasteiger partial charge in [0.15, 0.2) is 0 Å². The Balaban J connectivity index is 2.16. The molecule has 1 heteroatoms. The lowest BCUT2D eigenvalue weighted by Crippen LogP contribution is -1.84. The highest BCUT2D eigenvalue weighted by atomic mass is 14.9. The number of hydrogen-bond donors (Lipinski definition) is 0. The predicted octanol–water partition coefficient (Wildman–Crippen LogP) is 5.40. The van der Waals surface area contributed by atoms with Gasteiger partial charge in [0.1, 0.15) is 0 Å². The quantitative estimate of drug-likeness (QED) is 0.555. The van der Waals surface area contributed by atoms with Crippen molar-refractivity contribution in [1.29, 1.82) is 0 Å². The summed E-state index contributed by atoms with van der Waals surface area (Å²) in [6.07, 6.45) is 12.3. The zero-order valence-electron chi connectivity index (χ0n) is 11.5. The van der Waals surface area contributed by atoms with Crippen molar-refractivity contribution in [3.63, 3.8) is 0 Å². The molecule has 2 aromatic carbocycles. The predicted molar refractivity (Wildman–Crippen MR) is 88.7 cm³/mol. The molecule has 0 atom stereocenters. The van der Waals surface area contributed by atoms with Crippen LogP contribution in [0.15, 0.2) is 78.9 Å². The number of rotatable bonds is 3. The van der Waals surface area contributed by atoms with E-state index in [4.69, 9.17) is 0 Å². The lowest BCUT2D eigenvalue weighted by atomic mass is 10.2. The van der Waals surface area contributed by atoms with Gasteiger partial charge in [-0.15, -0.1) is 0 Å². The molecule has 1 aromatic heterocycles. The van der Waals surface area contributed by atoms with Crippen molar-refractivity contribution in [2.45, 2.75) is 6.92 Å². The third kappa shape index (κ3) is 2.19. The van der Waals surface area contributed by atoms with Crippen LogP contribution in [-0.2, 0) is 0 Å². The molecular formula is C19H17N. The van der Waals surface area contributed by atoms with Gasteiger partial charge in [-0.25, -0.2) is 0 Å². The fourth-order valence-electron chi connectivity index (χ4n) is 2.49. The monoisotopic (exact) mass is 259 g/mol. The highest BCUT2D eigenvalue weighted by molar-refractivity contribution is 6.09. The van der Waals surface area contributed by atoms with Crippen LogP contribution >= 0.6 is 0 Å². The van der Waals surface area contributed by atoms with E-state index in [1.54, 1.807) is 0 Å². The van der Waals surface area contributed by atoms with E-state index in [1.165, 1.54) is 21.8 Å². The van der Waals surface area contributed by atoms with Crippen molar-refractivity contribution in [2.75, 3.05) is 0 Å². The zero-order valence-corrected chi connectivity index (χ0v) is 11.5. The molecule has 0 saturated heterocycles. The molecule has 3 aromatic rings. The van der Waals surface area contributed by atoms with Crippen molar-refractivity contribution < 1.29 is 0 Å². The van der Waals surface area contributed by atoms with Crippen LogP contribution in [0.3, 0.4) is 0 Å². The molecule has 0 radical (unpaired) electrons. The Kier molecular flexibility index (Phi) is 3.51. The van der Waals surface area contributed by atoms with Gasteiger partial charge >= 0.3 is 0 Å². The van der Waals surface area contributed by atoms with Gasteiger partial charge in [0, 0.05) is 17.0 Å². The van der Waals surface area contributed by atoms with Crippen molar-refractivity contribution in [2.24, 2.45) is 0 Å². The highest BCUT2D eigenvalue weighted by Gasteiger charge is 2.06. The Labute approximate surface area is 119 Å². The van der Waals surface area contributed by atoms with E-state index in [-0.39, 0.29) is 0 Å². The Morgan fingerprint density at radius 3 is 1.85 bits per heavy atom. The van der Waals surface area contributed by atoms with E-state index >= 15 is 0 Å². The largest absolute Gasteiger partial charge is 0.316 e. The van der Waals surface area contributed by atoms with Crippen molar-refractivity contribution >= 4 is 28.0 Å². The standard InChI is InChI=1S/C19H17N/c1-2-3-4-5-10-15-20-18-13-8-6-11-16(18)17-12-7-9-14-19(17)20/h2-15H,1H3/b3-2-,5-4-,15-10+. The Morgan fingerprint density at radius 1 is 0.700 bits per heavy atom. The topological polar surface area (TPSA) is 4.93 Å². The van der Waals surface area contributed by atoms with Crippen LogP contribution < -0.4 is 0 Å². The first-order chi connectivity index (χ1) is 9.92. The SMILES string of the molecule is C\C=C/C=C\C=C\n1c2ccccc2c2ccccc21. The first-order valence-electron chi connectivity index (χ1n) is 6.85. The Bertz CT molecular complexity index is 763. The van der Waals surface area contributed by atoms with Crippen LogP contribution in [-0.4, -0.2) is 4.57 Å². The minimum Gasteiger partial charge on any atom is -0.316 e. The number of fused-ring (bicyclic) bond motifs is 3. The van der Waals surface area contributed by atoms with E-state index in [2.05, 4.69) is 65.4 Å². The van der Waals surface area contributed by atoms with Crippen LogP contribution in [0.4, 0.5) is 0 Å². The minimum atomic E-state index is 1.24. The molecule has 3 rings (SSSR count). The number of hydrogen-bond acceptors (Lipinski definition) is 0. The molecule has 0 saturated carbocycles. The van der Waals surface area contributed by atoms with Gasteiger partial charge in [0.25, 0.3) is 0 Å². The third-order valence-electron chi connectivity index (χ3n) is 3.38. The summed E-state index contributed by atoms with van der Waals surface area (Å²) in [5, 5.41) is 2.59. The van der Waals surface area contributed by atoms with Gasteiger partial charge < -0.3 is 4.57 Å². The molecule has 1 nitrogen and oxygen atoms in total. The van der Waals surface area contributed by atoms with Crippen LogP contribution in [0.25, 0.3) is 28.0 Å². The molecule has 0 amide bonds. The number of nitrogens with zero attached hydrogens (tertiary/aromatic N) is 1. The molecule has 0 fully saturated rings. The normalized spacial score (nSPS) is 12.7.